The van der Waals surface area contributed by atoms with Gasteiger partial charge in [0.2, 0.25) is 0 Å². The van der Waals surface area contributed by atoms with Gasteiger partial charge in [0.1, 0.15) is 5.54 Å². The van der Waals surface area contributed by atoms with Crippen molar-refractivity contribution in [2.24, 2.45) is 11.8 Å². The van der Waals surface area contributed by atoms with Crippen molar-refractivity contribution in [2.75, 3.05) is 0 Å². The zero-order chi connectivity index (χ0) is 13.1. The van der Waals surface area contributed by atoms with E-state index in [1.807, 2.05) is 0 Å². The first-order chi connectivity index (χ1) is 7.94. The Labute approximate surface area is 105 Å². The molecular weight excluding hydrogens is 214 g/mol. The lowest BCUT2D eigenvalue weighted by Crippen LogP contribution is -2.62. The summed E-state index contributed by atoms with van der Waals surface area (Å²) < 4.78 is 0. The molecule has 1 fully saturated rings. The third-order valence-corrected chi connectivity index (χ3v) is 4.27. The van der Waals surface area contributed by atoms with Gasteiger partial charge < -0.3 is 5.11 Å². The zero-order valence-electron chi connectivity index (χ0n) is 11.6. The number of carboxylic acid groups (broad SMARTS) is 1. The lowest BCUT2D eigenvalue weighted by atomic mass is 9.67. The minimum absolute atomic E-state index is 0.253. The molecule has 0 heterocycles. The van der Waals surface area contributed by atoms with Crippen LogP contribution in [0.2, 0.25) is 0 Å². The normalized spacial score (nSPS) is 31.5. The summed E-state index contributed by atoms with van der Waals surface area (Å²) in [6, 6.07) is 0.269. The maximum absolute atomic E-state index is 11.8. The summed E-state index contributed by atoms with van der Waals surface area (Å²) in [6.07, 6.45) is 4.97. The molecule has 0 spiro atoms. The SMILES string of the molecule is CCC(C)NC1(C(=O)O)CCCCC1C(C)C. The molecule has 3 heteroatoms. The molecule has 0 saturated heterocycles. The van der Waals surface area contributed by atoms with Crippen molar-refractivity contribution in [3.8, 4) is 0 Å². The van der Waals surface area contributed by atoms with Crippen molar-refractivity contribution in [1.29, 1.82) is 0 Å². The highest BCUT2D eigenvalue weighted by atomic mass is 16.4. The fourth-order valence-corrected chi connectivity index (χ4v) is 3.15. The van der Waals surface area contributed by atoms with Crippen molar-refractivity contribution in [3.05, 3.63) is 0 Å². The summed E-state index contributed by atoms with van der Waals surface area (Å²) in [5.41, 5.74) is -0.693. The Morgan fingerprint density at radius 3 is 2.53 bits per heavy atom. The quantitative estimate of drug-likeness (QED) is 0.778. The first kappa shape index (κ1) is 14.5. The van der Waals surface area contributed by atoms with E-state index in [4.69, 9.17) is 0 Å². The van der Waals surface area contributed by atoms with Gasteiger partial charge >= 0.3 is 5.97 Å². The fourth-order valence-electron chi connectivity index (χ4n) is 3.15. The number of hydrogen-bond acceptors (Lipinski definition) is 2. The molecule has 3 unspecified atom stereocenters. The average molecular weight is 241 g/mol. The summed E-state index contributed by atoms with van der Waals surface area (Å²) in [5, 5.41) is 13.1. The highest BCUT2D eigenvalue weighted by molar-refractivity contribution is 5.79. The summed E-state index contributed by atoms with van der Waals surface area (Å²) in [6.45, 7) is 8.47. The molecule has 0 radical (unpaired) electrons. The van der Waals surface area contributed by atoms with Crippen LogP contribution in [0.25, 0.3) is 0 Å². The molecule has 0 aromatic heterocycles. The first-order valence-corrected chi connectivity index (χ1v) is 6.95. The van der Waals surface area contributed by atoms with E-state index in [1.165, 1.54) is 6.42 Å². The van der Waals surface area contributed by atoms with Gasteiger partial charge in [-0.2, -0.15) is 0 Å². The molecule has 17 heavy (non-hydrogen) atoms. The molecule has 0 aromatic rings. The van der Waals surface area contributed by atoms with E-state index >= 15 is 0 Å². The predicted molar refractivity (Wildman–Crippen MR) is 70.1 cm³/mol. The molecule has 3 atom stereocenters. The second-order valence-electron chi connectivity index (χ2n) is 5.83. The molecule has 1 saturated carbocycles. The molecule has 1 aliphatic rings. The van der Waals surface area contributed by atoms with E-state index < -0.39 is 11.5 Å². The number of carbonyl (C=O) groups is 1. The Morgan fingerprint density at radius 2 is 2.06 bits per heavy atom. The van der Waals surface area contributed by atoms with Crippen LogP contribution >= 0.6 is 0 Å². The third-order valence-electron chi connectivity index (χ3n) is 4.27. The largest absolute Gasteiger partial charge is 0.480 e. The Balaban J connectivity index is 2.96. The summed E-state index contributed by atoms with van der Waals surface area (Å²) >= 11 is 0. The van der Waals surface area contributed by atoms with Crippen LogP contribution in [-0.4, -0.2) is 22.7 Å². The number of carboxylic acids is 1. The topological polar surface area (TPSA) is 49.3 Å². The van der Waals surface area contributed by atoms with Gasteiger partial charge in [0, 0.05) is 6.04 Å². The maximum Gasteiger partial charge on any atom is 0.324 e. The van der Waals surface area contributed by atoms with Gasteiger partial charge in [0.15, 0.2) is 0 Å². The molecular formula is C14H27NO2. The van der Waals surface area contributed by atoms with Crippen molar-refractivity contribution in [1.82, 2.24) is 5.32 Å². The second kappa shape index (κ2) is 5.85. The molecule has 1 rings (SSSR count). The van der Waals surface area contributed by atoms with Gasteiger partial charge in [-0.15, -0.1) is 0 Å². The summed E-state index contributed by atoms with van der Waals surface area (Å²) in [7, 11) is 0. The number of hydrogen-bond donors (Lipinski definition) is 2. The van der Waals surface area contributed by atoms with Crippen LogP contribution in [0.1, 0.15) is 59.8 Å². The van der Waals surface area contributed by atoms with E-state index in [9.17, 15) is 9.90 Å². The van der Waals surface area contributed by atoms with Crippen LogP contribution in [0.4, 0.5) is 0 Å². The predicted octanol–water partition coefficient (Wildman–Crippen LogP) is 3.04. The minimum Gasteiger partial charge on any atom is -0.480 e. The first-order valence-electron chi connectivity index (χ1n) is 6.95. The maximum atomic E-state index is 11.8. The number of rotatable bonds is 5. The monoisotopic (exact) mass is 241 g/mol. The Morgan fingerprint density at radius 1 is 1.41 bits per heavy atom. The highest BCUT2D eigenvalue weighted by Gasteiger charge is 2.48. The molecule has 0 aromatic carbocycles. The molecule has 3 nitrogen and oxygen atoms in total. The van der Waals surface area contributed by atoms with E-state index in [0.717, 1.165) is 25.7 Å². The Bertz CT molecular complexity index is 265. The van der Waals surface area contributed by atoms with E-state index in [0.29, 0.717) is 5.92 Å². The summed E-state index contributed by atoms with van der Waals surface area (Å²) in [5.74, 6) is 0.0157. The molecule has 2 N–H and O–H groups in total. The highest BCUT2D eigenvalue weighted by Crippen LogP contribution is 2.39. The molecule has 0 amide bonds. The second-order valence-corrected chi connectivity index (χ2v) is 5.83. The standard InChI is InChI=1S/C14H27NO2/c1-5-11(4)15-14(13(16)17)9-7-6-8-12(14)10(2)3/h10-12,15H,5-9H2,1-4H3,(H,16,17). The van der Waals surface area contributed by atoms with Crippen LogP contribution in [0.15, 0.2) is 0 Å². The Kier molecular flexibility index (Phi) is 4.99. The third kappa shape index (κ3) is 3.01. The minimum atomic E-state index is -0.693. The Hall–Kier alpha value is -0.570. The van der Waals surface area contributed by atoms with Gasteiger partial charge in [0.25, 0.3) is 0 Å². The van der Waals surface area contributed by atoms with Crippen LogP contribution in [0.3, 0.4) is 0 Å². The van der Waals surface area contributed by atoms with Crippen molar-refractivity contribution in [2.45, 2.75) is 71.4 Å². The van der Waals surface area contributed by atoms with Gasteiger partial charge in [-0.05, 0) is 38.0 Å². The van der Waals surface area contributed by atoms with Crippen LogP contribution in [0.5, 0.6) is 0 Å². The zero-order valence-corrected chi connectivity index (χ0v) is 11.6. The van der Waals surface area contributed by atoms with Crippen molar-refractivity contribution in [3.63, 3.8) is 0 Å². The van der Waals surface area contributed by atoms with Crippen molar-refractivity contribution < 1.29 is 9.90 Å². The van der Waals surface area contributed by atoms with E-state index in [-0.39, 0.29) is 12.0 Å². The van der Waals surface area contributed by atoms with E-state index in [2.05, 4.69) is 33.0 Å². The van der Waals surface area contributed by atoms with Crippen molar-refractivity contribution >= 4 is 5.97 Å². The molecule has 100 valence electrons. The van der Waals surface area contributed by atoms with Crippen LogP contribution < -0.4 is 5.32 Å². The lowest BCUT2D eigenvalue weighted by molar-refractivity contribution is -0.151. The van der Waals surface area contributed by atoms with Gasteiger partial charge in [-0.1, -0.05) is 33.6 Å². The van der Waals surface area contributed by atoms with Crippen LogP contribution in [0, 0.1) is 11.8 Å². The number of nitrogens with one attached hydrogen (secondary N) is 1. The van der Waals surface area contributed by atoms with E-state index in [1.54, 1.807) is 0 Å². The van der Waals surface area contributed by atoms with Gasteiger partial charge in [0.05, 0.1) is 0 Å². The van der Waals surface area contributed by atoms with Crippen LogP contribution in [-0.2, 0) is 4.79 Å². The van der Waals surface area contributed by atoms with Gasteiger partial charge in [-0.3, -0.25) is 10.1 Å². The summed E-state index contributed by atoms with van der Waals surface area (Å²) in [4.78, 5) is 11.8. The average Bonchev–Trinajstić information content (AvgIpc) is 2.28. The lowest BCUT2D eigenvalue weighted by Gasteiger charge is -2.45. The fraction of sp³-hybridized carbons (Fsp3) is 0.929. The molecule has 0 aliphatic heterocycles. The van der Waals surface area contributed by atoms with Gasteiger partial charge in [-0.25, -0.2) is 0 Å². The number of aliphatic carboxylic acids is 1. The molecule has 1 aliphatic carbocycles. The smallest absolute Gasteiger partial charge is 0.324 e. The molecule has 0 bridgehead atoms.